The maximum atomic E-state index is 12.3. The van der Waals surface area contributed by atoms with Crippen molar-refractivity contribution in [3.63, 3.8) is 0 Å². The summed E-state index contributed by atoms with van der Waals surface area (Å²) in [5.74, 6) is 0. The van der Waals surface area contributed by atoms with E-state index in [0.29, 0.717) is 4.90 Å². The molecular formula is C14H21NO2S. The van der Waals surface area contributed by atoms with Crippen molar-refractivity contribution in [1.29, 1.82) is 0 Å². The van der Waals surface area contributed by atoms with E-state index in [9.17, 15) is 8.42 Å². The standard InChI is InChI=1S/C14H21NO2S/c1-12-8-6-7-11-14(12)18(16,17)15-13-9-4-2-3-5-10-13/h6-8,11,13,15H,2-5,9-10H2,1H3. The summed E-state index contributed by atoms with van der Waals surface area (Å²) >= 11 is 0. The lowest BCUT2D eigenvalue weighted by Crippen LogP contribution is -2.34. The Morgan fingerprint density at radius 2 is 1.67 bits per heavy atom. The normalized spacial score (nSPS) is 18.5. The Labute approximate surface area is 110 Å². The number of benzene rings is 1. The second-order valence-corrected chi connectivity index (χ2v) is 6.76. The molecule has 0 atom stereocenters. The summed E-state index contributed by atoms with van der Waals surface area (Å²) in [5, 5.41) is 0. The van der Waals surface area contributed by atoms with Crippen LogP contribution in [0.5, 0.6) is 0 Å². The monoisotopic (exact) mass is 267 g/mol. The topological polar surface area (TPSA) is 46.2 Å². The molecule has 18 heavy (non-hydrogen) atoms. The molecule has 2 rings (SSSR count). The summed E-state index contributed by atoms with van der Waals surface area (Å²) in [5.41, 5.74) is 0.804. The van der Waals surface area contributed by atoms with Crippen LogP contribution in [0.1, 0.15) is 44.1 Å². The van der Waals surface area contributed by atoms with Crippen LogP contribution in [0.2, 0.25) is 0 Å². The van der Waals surface area contributed by atoms with Crippen LogP contribution in [0.15, 0.2) is 29.2 Å². The Morgan fingerprint density at radius 3 is 2.28 bits per heavy atom. The lowest BCUT2D eigenvalue weighted by molar-refractivity contribution is 0.509. The number of hydrogen-bond donors (Lipinski definition) is 1. The van der Waals surface area contributed by atoms with Gasteiger partial charge >= 0.3 is 0 Å². The lowest BCUT2D eigenvalue weighted by atomic mass is 10.1. The molecule has 0 aromatic heterocycles. The van der Waals surface area contributed by atoms with E-state index in [2.05, 4.69) is 4.72 Å². The van der Waals surface area contributed by atoms with Crippen molar-refractivity contribution in [2.24, 2.45) is 0 Å². The number of rotatable bonds is 3. The highest BCUT2D eigenvalue weighted by atomic mass is 32.2. The fraction of sp³-hybridized carbons (Fsp3) is 0.571. The molecule has 100 valence electrons. The third kappa shape index (κ3) is 3.33. The van der Waals surface area contributed by atoms with Crippen molar-refractivity contribution in [3.8, 4) is 0 Å². The summed E-state index contributed by atoms with van der Waals surface area (Å²) in [6, 6.07) is 7.25. The molecule has 0 radical (unpaired) electrons. The molecule has 3 nitrogen and oxygen atoms in total. The minimum absolute atomic E-state index is 0.108. The first-order chi connectivity index (χ1) is 8.59. The molecule has 1 N–H and O–H groups in total. The maximum Gasteiger partial charge on any atom is 0.241 e. The van der Waals surface area contributed by atoms with Gasteiger partial charge in [-0.15, -0.1) is 0 Å². The van der Waals surface area contributed by atoms with Crippen LogP contribution in [0.3, 0.4) is 0 Å². The van der Waals surface area contributed by atoms with Crippen molar-refractivity contribution >= 4 is 10.0 Å². The summed E-state index contributed by atoms with van der Waals surface area (Å²) in [6.45, 7) is 1.83. The first-order valence-electron chi connectivity index (χ1n) is 6.67. The van der Waals surface area contributed by atoms with Crippen LogP contribution in [-0.2, 0) is 10.0 Å². The number of hydrogen-bond acceptors (Lipinski definition) is 2. The zero-order chi connectivity index (χ0) is 13.0. The smallest absolute Gasteiger partial charge is 0.208 e. The summed E-state index contributed by atoms with van der Waals surface area (Å²) in [7, 11) is -3.36. The largest absolute Gasteiger partial charge is 0.241 e. The van der Waals surface area contributed by atoms with Gasteiger partial charge in [-0.2, -0.15) is 0 Å². The third-order valence-corrected chi connectivity index (χ3v) is 5.24. The molecule has 1 fully saturated rings. The van der Waals surface area contributed by atoms with E-state index in [-0.39, 0.29) is 6.04 Å². The average Bonchev–Trinajstić information content (AvgIpc) is 2.57. The van der Waals surface area contributed by atoms with Gasteiger partial charge in [0, 0.05) is 6.04 Å². The van der Waals surface area contributed by atoms with E-state index in [1.807, 2.05) is 19.1 Å². The van der Waals surface area contributed by atoms with Crippen LogP contribution in [0, 0.1) is 6.92 Å². The predicted octanol–water partition coefficient (Wildman–Crippen LogP) is 3.00. The second kappa shape index (κ2) is 5.85. The van der Waals surface area contributed by atoms with Crippen molar-refractivity contribution in [3.05, 3.63) is 29.8 Å². The molecule has 0 heterocycles. The van der Waals surface area contributed by atoms with Gasteiger partial charge in [-0.3, -0.25) is 0 Å². The van der Waals surface area contributed by atoms with E-state index in [1.54, 1.807) is 12.1 Å². The van der Waals surface area contributed by atoms with E-state index < -0.39 is 10.0 Å². The molecule has 1 aliphatic carbocycles. The predicted molar refractivity (Wildman–Crippen MR) is 73.0 cm³/mol. The van der Waals surface area contributed by atoms with Crippen LogP contribution >= 0.6 is 0 Å². The quantitative estimate of drug-likeness (QED) is 0.856. The summed E-state index contributed by atoms with van der Waals surface area (Å²) in [4.78, 5) is 0.411. The summed E-state index contributed by atoms with van der Waals surface area (Å²) < 4.78 is 27.5. The first-order valence-corrected chi connectivity index (χ1v) is 8.16. The lowest BCUT2D eigenvalue weighted by Gasteiger charge is -2.17. The van der Waals surface area contributed by atoms with E-state index in [1.165, 1.54) is 12.8 Å². The fourth-order valence-corrected chi connectivity index (χ4v) is 4.09. The van der Waals surface area contributed by atoms with Crippen LogP contribution in [-0.4, -0.2) is 14.5 Å². The van der Waals surface area contributed by atoms with Gasteiger partial charge in [-0.05, 0) is 31.4 Å². The van der Waals surface area contributed by atoms with Crippen molar-refractivity contribution < 1.29 is 8.42 Å². The molecule has 0 unspecified atom stereocenters. The summed E-state index contributed by atoms with van der Waals surface area (Å²) in [6.07, 6.45) is 6.63. The molecule has 0 spiro atoms. The maximum absolute atomic E-state index is 12.3. The zero-order valence-electron chi connectivity index (χ0n) is 10.9. The second-order valence-electron chi connectivity index (χ2n) is 5.08. The Hall–Kier alpha value is -0.870. The molecule has 0 amide bonds. The third-order valence-electron chi connectivity index (χ3n) is 3.56. The highest BCUT2D eigenvalue weighted by molar-refractivity contribution is 7.89. The van der Waals surface area contributed by atoms with Gasteiger partial charge < -0.3 is 0 Å². The van der Waals surface area contributed by atoms with Gasteiger partial charge in [0.15, 0.2) is 0 Å². The van der Waals surface area contributed by atoms with Gasteiger partial charge in [0.2, 0.25) is 10.0 Å². The number of sulfonamides is 1. The first kappa shape index (κ1) is 13.6. The zero-order valence-corrected chi connectivity index (χ0v) is 11.7. The molecule has 4 heteroatoms. The molecule has 1 aromatic rings. The molecule has 1 saturated carbocycles. The van der Waals surface area contributed by atoms with Crippen LogP contribution < -0.4 is 4.72 Å². The Morgan fingerprint density at radius 1 is 1.06 bits per heavy atom. The SMILES string of the molecule is Cc1ccccc1S(=O)(=O)NC1CCCCCC1. The Balaban J connectivity index is 2.14. The molecule has 0 saturated heterocycles. The van der Waals surface area contributed by atoms with Crippen LogP contribution in [0.4, 0.5) is 0 Å². The van der Waals surface area contributed by atoms with E-state index >= 15 is 0 Å². The van der Waals surface area contributed by atoms with Gasteiger partial charge in [0.05, 0.1) is 4.90 Å². The van der Waals surface area contributed by atoms with E-state index in [4.69, 9.17) is 0 Å². The highest BCUT2D eigenvalue weighted by Crippen LogP contribution is 2.20. The minimum atomic E-state index is -3.36. The van der Waals surface area contributed by atoms with Crippen LogP contribution in [0.25, 0.3) is 0 Å². The Kier molecular flexibility index (Phi) is 4.40. The van der Waals surface area contributed by atoms with Gasteiger partial charge in [0.1, 0.15) is 0 Å². The molecule has 1 aromatic carbocycles. The molecule has 0 aliphatic heterocycles. The van der Waals surface area contributed by atoms with E-state index in [0.717, 1.165) is 31.2 Å². The number of aryl methyl sites for hydroxylation is 1. The molecule has 1 aliphatic rings. The van der Waals surface area contributed by atoms with Crippen molar-refractivity contribution in [2.45, 2.75) is 56.4 Å². The number of nitrogens with one attached hydrogen (secondary N) is 1. The van der Waals surface area contributed by atoms with Gasteiger partial charge in [0.25, 0.3) is 0 Å². The fourth-order valence-electron chi connectivity index (χ4n) is 2.54. The van der Waals surface area contributed by atoms with Crippen molar-refractivity contribution in [1.82, 2.24) is 4.72 Å². The van der Waals surface area contributed by atoms with Gasteiger partial charge in [-0.25, -0.2) is 13.1 Å². The highest BCUT2D eigenvalue weighted by Gasteiger charge is 2.22. The Bertz CT molecular complexity index is 488. The average molecular weight is 267 g/mol. The molecular weight excluding hydrogens is 246 g/mol. The minimum Gasteiger partial charge on any atom is -0.208 e. The van der Waals surface area contributed by atoms with Gasteiger partial charge in [-0.1, -0.05) is 43.9 Å². The molecule has 0 bridgehead atoms. The van der Waals surface area contributed by atoms with Crippen molar-refractivity contribution in [2.75, 3.05) is 0 Å².